The average molecular weight is 209 g/mol. The van der Waals surface area contributed by atoms with Gasteiger partial charge in [-0.2, -0.15) is 0 Å². The number of aromatic nitrogens is 1. The van der Waals surface area contributed by atoms with Crippen LogP contribution in [-0.2, 0) is 0 Å². The first-order chi connectivity index (χ1) is 3.80. The Kier molecular flexibility index (Phi) is 3.58. The van der Waals surface area contributed by atoms with Crippen LogP contribution in [0.5, 0.6) is 0 Å². The standard InChI is InChI=1S/C5H5BrN2.ClH/c6-4-3-8-2-1-5(4)7;/h1-3H,(H2,7,8);1H. The summed E-state index contributed by atoms with van der Waals surface area (Å²) >= 11 is 3.21. The number of nitrogens with two attached hydrogens (primary N) is 1. The Morgan fingerprint density at radius 2 is 2.22 bits per heavy atom. The Labute approximate surface area is 68.0 Å². The second-order valence-corrected chi connectivity index (χ2v) is 2.25. The predicted octanol–water partition coefficient (Wildman–Crippen LogP) is 1.85. The maximum Gasteiger partial charge on any atom is 0.0588 e. The fourth-order valence-corrected chi connectivity index (χ4v) is 0.636. The largest absolute Gasteiger partial charge is 0.398 e. The van der Waals surface area contributed by atoms with E-state index < -0.39 is 0 Å². The van der Waals surface area contributed by atoms with Crippen LogP contribution in [0.4, 0.5) is 5.69 Å². The van der Waals surface area contributed by atoms with Crippen molar-refractivity contribution in [1.29, 1.82) is 0 Å². The zero-order chi connectivity index (χ0) is 5.98. The first-order valence-electron chi connectivity index (χ1n) is 2.15. The molecule has 9 heavy (non-hydrogen) atoms. The highest BCUT2D eigenvalue weighted by molar-refractivity contribution is 9.10. The maximum absolute atomic E-state index is 5.43. The van der Waals surface area contributed by atoms with E-state index in [1.54, 1.807) is 18.5 Å². The van der Waals surface area contributed by atoms with Crippen molar-refractivity contribution in [2.45, 2.75) is 0 Å². The predicted molar refractivity (Wildman–Crippen MR) is 43.6 cm³/mol. The second kappa shape index (κ2) is 3.69. The fourth-order valence-electron chi connectivity index (χ4n) is 0.386. The van der Waals surface area contributed by atoms with Crippen molar-refractivity contribution in [3.63, 3.8) is 0 Å². The molecule has 0 unspecified atom stereocenters. The van der Waals surface area contributed by atoms with Crippen molar-refractivity contribution in [3.05, 3.63) is 22.9 Å². The topological polar surface area (TPSA) is 38.9 Å². The van der Waals surface area contributed by atoms with Crippen LogP contribution in [0.2, 0.25) is 0 Å². The van der Waals surface area contributed by atoms with E-state index in [0.717, 1.165) is 10.2 Å². The molecule has 1 aromatic heterocycles. The molecule has 1 aromatic rings. The van der Waals surface area contributed by atoms with E-state index in [2.05, 4.69) is 20.9 Å². The molecule has 0 saturated carbocycles. The molecule has 2 N–H and O–H groups in total. The van der Waals surface area contributed by atoms with E-state index in [9.17, 15) is 0 Å². The van der Waals surface area contributed by atoms with E-state index in [0.29, 0.717) is 0 Å². The monoisotopic (exact) mass is 208 g/mol. The lowest BCUT2D eigenvalue weighted by Crippen LogP contribution is -1.84. The lowest BCUT2D eigenvalue weighted by Gasteiger charge is -1.91. The summed E-state index contributed by atoms with van der Waals surface area (Å²) in [5, 5.41) is 0. The smallest absolute Gasteiger partial charge is 0.0588 e. The average Bonchev–Trinajstić information content (AvgIpc) is 1.77. The van der Waals surface area contributed by atoms with Gasteiger partial charge in [-0.1, -0.05) is 0 Å². The number of anilines is 1. The Morgan fingerprint density at radius 1 is 1.56 bits per heavy atom. The van der Waals surface area contributed by atoms with Gasteiger partial charge in [-0.25, -0.2) is 0 Å². The molecule has 1 heterocycles. The molecule has 50 valence electrons. The first kappa shape index (κ1) is 8.72. The summed E-state index contributed by atoms with van der Waals surface area (Å²) in [5.41, 5.74) is 6.16. The summed E-state index contributed by atoms with van der Waals surface area (Å²) in [4.78, 5) is 3.82. The molecule has 2 nitrogen and oxygen atoms in total. The number of nitrogens with zero attached hydrogens (tertiary/aromatic N) is 1. The van der Waals surface area contributed by atoms with Gasteiger partial charge in [-0.15, -0.1) is 12.4 Å². The Balaban J connectivity index is 0.000000640. The van der Waals surface area contributed by atoms with Crippen LogP contribution < -0.4 is 5.73 Å². The minimum atomic E-state index is 0. The number of hydrogen-bond donors (Lipinski definition) is 1. The third-order valence-electron chi connectivity index (χ3n) is 0.804. The molecule has 0 bridgehead atoms. The number of halogens is 2. The van der Waals surface area contributed by atoms with E-state index in [4.69, 9.17) is 5.73 Å². The molecule has 0 radical (unpaired) electrons. The second-order valence-electron chi connectivity index (χ2n) is 1.40. The number of hydrogen-bond acceptors (Lipinski definition) is 2. The molecule has 0 aromatic carbocycles. The maximum atomic E-state index is 5.43. The van der Waals surface area contributed by atoms with Crippen LogP contribution >= 0.6 is 28.3 Å². The van der Waals surface area contributed by atoms with Gasteiger partial charge in [-0.3, -0.25) is 4.98 Å². The van der Waals surface area contributed by atoms with E-state index in [1.165, 1.54) is 0 Å². The van der Waals surface area contributed by atoms with Gasteiger partial charge in [0.25, 0.3) is 0 Å². The number of nitrogen functional groups attached to an aromatic ring is 1. The van der Waals surface area contributed by atoms with Crippen molar-refractivity contribution in [2.24, 2.45) is 0 Å². The van der Waals surface area contributed by atoms with Gasteiger partial charge in [0, 0.05) is 18.1 Å². The first-order valence-corrected chi connectivity index (χ1v) is 2.95. The summed E-state index contributed by atoms with van der Waals surface area (Å²) in [6, 6.07) is 1.74. The van der Waals surface area contributed by atoms with Gasteiger partial charge >= 0.3 is 0 Å². The van der Waals surface area contributed by atoms with Gasteiger partial charge in [-0.05, 0) is 22.0 Å². The number of rotatable bonds is 0. The van der Waals surface area contributed by atoms with Gasteiger partial charge in [0.05, 0.1) is 4.47 Å². The fraction of sp³-hybridized carbons (Fsp3) is 0. The molecule has 0 saturated heterocycles. The molecule has 1 rings (SSSR count). The van der Waals surface area contributed by atoms with Crippen molar-refractivity contribution >= 4 is 34.0 Å². The third kappa shape index (κ3) is 2.20. The summed E-state index contributed by atoms with van der Waals surface area (Å²) in [7, 11) is 0. The minimum Gasteiger partial charge on any atom is -0.398 e. The van der Waals surface area contributed by atoms with Crippen molar-refractivity contribution in [2.75, 3.05) is 5.73 Å². The molecule has 0 aliphatic heterocycles. The van der Waals surface area contributed by atoms with Gasteiger partial charge in [0.2, 0.25) is 0 Å². The van der Waals surface area contributed by atoms with Crippen LogP contribution in [0.3, 0.4) is 0 Å². The van der Waals surface area contributed by atoms with Crippen LogP contribution in [0, 0.1) is 0 Å². The zero-order valence-corrected chi connectivity index (χ0v) is 6.95. The third-order valence-corrected chi connectivity index (χ3v) is 1.47. The quantitative estimate of drug-likeness (QED) is 0.708. The van der Waals surface area contributed by atoms with E-state index in [1.807, 2.05) is 0 Å². The molecule has 0 aliphatic carbocycles. The summed E-state index contributed by atoms with van der Waals surface area (Å²) in [5.74, 6) is 0. The Morgan fingerprint density at radius 3 is 2.56 bits per heavy atom. The Hall–Kier alpha value is -0.280. The summed E-state index contributed by atoms with van der Waals surface area (Å²) in [6.45, 7) is 0. The molecule has 0 fully saturated rings. The molecule has 4 heteroatoms. The highest BCUT2D eigenvalue weighted by Gasteiger charge is 1.87. The minimum absolute atomic E-state index is 0. The Bertz CT molecular complexity index is 171. The lowest BCUT2D eigenvalue weighted by atomic mass is 10.4. The highest BCUT2D eigenvalue weighted by Crippen LogP contribution is 2.14. The zero-order valence-electron chi connectivity index (χ0n) is 4.54. The van der Waals surface area contributed by atoms with Crippen LogP contribution in [0.15, 0.2) is 22.9 Å². The van der Waals surface area contributed by atoms with Crippen LogP contribution in [-0.4, -0.2) is 4.98 Å². The highest BCUT2D eigenvalue weighted by atomic mass is 79.9. The molecular weight excluding hydrogens is 203 g/mol. The van der Waals surface area contributed by atoms with Gasteiger partial charge in [0.15, 0.2) is 0 Å². The van der Waals surface area contributed by atoms with E-state index >= 15 is 0 Å². The molecule has 0 aliphatic rings. The summed E-state index contributed by atoms with van der Waals surface area (Å²) in [6.07, 6.45) is 3.31. The normalized spacial score (nSPS) is 8.11. The van der Waals surface area contributed by atoms with E-state index in [-0.39, 0.29) is 12.4 Å². The lowest BCUT2D eigenvalue weighted by molar-refractivity contribution is 1.31. The summed E-state index contributed by atoms with van der Waals surface area (Å²) < 4.78 is 0.847. The SMILES string of the molecule is Cl.Nc1ccncc1Br. The van der Waals surface area contributed by atoms with Crippen LogP contribution in [0.25, 0.3) is 0 Å². The molecular formula is C5H6BrClN2. The molecule has 0 atom stereocenters. The van der Waals surface area contributed by atoms with Crippen molar-refractivity contribution in [3.8, 4) is 0 Å². The van der Waals surface area contributed by atoms with Gasteiger partial charge in [0.1, 0.15) is 0 Å². The number of pyridine rings is 1. The molecule has 0 amide bonds. The van der Waals surface area contributed by atoms with Crippen molar-refractivity contribution in [1.82, 2.24) is 4.98 Å². The molecule has 0 spiro atoms. The van der Waals surface area contributed by atoms with Crippen molar-refractivity contribution < 1.29 is 0 Å². The van der Waals surface area contributed by atoms with Gasteiger partial charge < -0.3 is 5.73 Å². The van der Waals surface area contributed by atoms with Crippen LogP contribution in [0.1, 0.15) is 0 Å².